The predicted molar refractivity (Wildman–Crippen MR) is 50.0 cm³/mol. The highest BCUT2D eigenvalue weighted by Crippen LogP contribution is 2.35. The zero-order chi connectivity index (χ0) is 11.6. The maximum absolute atomic E-state index is 12.2. The van der Waals surface area contributed by atoms with Crippen LogP contribution < -0.4 is 10.2 Å². The maximum atomic E-state index is 12.2. The number of nitrogens with one attached hydrogen (secondary N) is 1. The van der Waals surface area contributed by atoms with E-state index in [1.807, 2.05) is 0 Å². The first-order valence-corrected chi connectivity index (χ1v) is 4.66. The van der Waals surface area contributed by atoms with E-state index < -0.39 is 17.1 Å². The third kappa shape index (κ3) is 2.58. The molecule has 1 rings (SSSR count). The molecule has 1 heterocycles. The van der Waals surface area contributed by atoms with Crippen LogP contribution in [-0.4, -0.2) is 25.1 Å². The van der Waals surface area contributed by atoms with E-state index in [4.69, 9.17) is 0 Å². The highest BCUT2D eigenvalue weighted by molar-refractivity contribution is 7.15. The van der Waals surface area contributed by atoms with Crippen molar-refractivity contribution in [2.45, 2.75) is 6.18 Å². The van der Waals surface area contributed by atoms with E-state index in [0.29, 0.717) is 17.5 Å². The first-order chi connectivity index (χ1) is 6.86. The van der Waals surface area contributed by atoms with Gasteiger partial charge in [-0.2, -0.15) is 13.2 Å². The normalized spacial score (nSPS) is 11.3. The smallest absolute Gasteiger partial charge is 0.341 e. The van der Waals surface area contributed by atoms with Crippen molar-refractivity contribution in [3.63, 3.8) is 0 Å². The second-order valence-electron chi connectivity index (χ2n) is 2.62. The minimum Gasteiger partial charge on any atom is -0.341 e. The lowest BCUT2D eigenvalue weighted by atomic mass is 10.5. The number of halogens is 3. The molecule has 0 aliphatic carbocycles. The molecular weight excluding hydrogens is 231 g/mol. The monoisotopic (exact) mass is 239 g/mol. The summed E-state index contributed by atoms with van der Waals surface area (Å²) < 4.78 is 36.6. The predicted octanol–water partition coefficient (Wildman–Crippen LogP) is 1.94. The number of amides is 2. The minimum atomic E-state index is -4.42. The molecule has 0 aromatic carbocycles. The number of carbonyl (C=O) groups is 1. The van der Waals surface area contributed by atoms with Gasteiger partial charge in [0.25, 0.3) is 0 Å². The molecule has 1 N–H and O–H groups in total. The van der Waals surface area contributed by atoms with Gasteiger partial charge in [0.05, 0.1) is 6.20 Å². The van der Waals surface area contributed by atoms with Gasteiger partial charge in [-0.15, -0.1) is 0 Å². The molecule has 1 aromatic rings. The van der Waals surface area contributed by atoms with E-state index in [2.05, 4.69) is 10.3 Å². The number of anilines is 1. The molecule has 0 fully saturated rings. The molecule has 0 aliphatic rings. The summed E-state index contributed by atoms with van der Waals surface area (Å²) in [7, 11) is 2.73. The molecule has 8 heteroatoms. The first kappa shape index (κ1) is 11.8. The van der Waals surface area contributed by atoms with Crippen LogP contribution in [0.1, 0.15) is 4.88 Å². The van der Waals surface area contributed by atoms with E-state index in [0.717, 1.165) is 4.90 Å². The number of rotatable bonds is 1. The Hall–Kier alpha value is -1.31. The van der Waals surface area contributed by atoms with Crippen LogP contribution >= 0.6 is 11.3 Å². The molecule has 2 amide bonds. The second-order valence-corrected chi connectivity index (χ2v) is 3.63. The number of alkyl halides is 3. The molecule has 0 radical (unpaired) electrons. The summed E-state index contributed by atoms with van der Waals surface area (Å²) in [6.07, 6.45) is -3.71. The summed E-state index contributed by atoms with van der Waals surface area (Å²) in [6, 6.07) is -0.516. The number of nitrogens with zero attached hydrogens (tertiary/aromatic N) is 2. The van der Waals surface area contributed by atoms with Crippen molar-refractivity contribution < 1.29 is 18.0 Å². The lowest BCUT2D eigenvalue weighted by Gasteiger charge is -2.12. The average Bonchev–Trinajstić information content (AvgIpc) is 2.63. The molecule has 0 unspecified atom stereocenters. The third-order valence-electron chi connectivity index (χ3n) is 1.58. The Morgan fingerprint density at radius 2 is 2.20 bits per heavy atom. The lowest BCUT2D eigenvalue weighted by Crippen LogP contribution is -2.34. The van der Waals surface area contributed by atoms with E-state index in [-0.39, 0.29) is 5.13 Å². The largest absolute Gasteiger partial charge is 0.427 e. The van der Waals surface area contributed by atoms with Crippen molar-refractivity contribution in [1.82, 2.24) is 10.3 Å². The highest BCUT2D eigenvalue weighted by Gasteiger charge is 2.34. The molecule has 0 atom stereocenters. The van der Waals surface area contributed by atoms with Gasteiger partial charge in [-0.1, -0.05) is 11.3 Å². The van der Waals surface area contributed by atoms with Gasteiger partial charge in [-0.05, 0) is 0 Å². The van der Waals surface area contributed by atoms with Gasteiger partial charge in [0.2, 0.25) is 0 Å². The van der Waals surface area contributed by atoms with Crippen LogP contribution in [0, 0.1) is 0 Å². The molecule has 84 valence electrons. The highest BCUT2D eigenvalue weighted by atomic mass is 32.1. The topological polar surface area (TPSA) is 45.2 Å². The summed E-state index contributed by atoms with van der Waals surface area (Å²) in [5, 5.41) is 2.29. The van der Waals surface area contributed by atoms with Crippen molar-refractivity contribution >= 4 is 22.5 Å². The lowest BCUT2D eigenvalue weighted by molar-refractivity contribution is -0.134. The molecular formula is C7H8F3N3OS. The fraction of sp³-hybridized carbons (Fsp3) is 0.429. The number of urea groups is 1. The molecule has 15 heavy (non-hydrogen) atoms. The Kier molecular flexibility index (Phi) is 3.18. The van der Waals surface area contributed by atoms with Crippen LogP contribution in [-0.2, 0) is 6.18 Å². The Bertz CT molecular complexity index is 363. The van der Waals surface area contributed by atoms with Gasteiger partial charge in [-0.25, -0.2) is 9.78 Å². The molecule has 4 nitrogen and oxygen atoms in total. The van der Waals surface area contributed by atoms with Gasteiger partial charge < -0.3 is 5.32 Å². The minimum absolute atomic E-state index is 0.00155. The number of carbonyl (C=O) groups excluding carboxylic acids is 1. The van der Waals surface area contributed by atoms with Crippen molar-refractivity contribution in [1.29, 1.82) is 0 Å². The fourth-order valence-corrected chi connectivity index (χ4v) is 1.55. The zero-order valence-electron chi connectivity index (χ0n) is 7.92. The number of thiazole rings is 1. The van der Waals surface area contributed by atoms with Crippen molar-refractivity contribution in [2.24, 2.45) is 0 Å². The van der Waals surface area contributed by atoms with Crippen LogP contribution in [0.3, 0.4) is 0 Å². The van der Waals surface area contributed by atoms with Gasteiger partial charge in [0, 0.05) is 14.1 Å². The molecule has 1 aromatic heterocycles. The number of hydrogen-bond acceptors (Lipinski definition) is 3. The van der Waals surface area contributed by atoms with E-state index in [1.54, 1.807) is 0 Å². The first-order valence-electron chi connectivity index (χ1n) is 3.84. The maximum Gasteiger partial charge on any atom is 0.427 e. The van der Waals surface area contributed by atoms with Gasteiger partial charge in [-0.3, -0.25) is 4.90 Å². The molecule has 0 saturated carbocycles. The summed E-state index contributed by atoms with van der Waals surface area (Å²) in [5.74, 6) is 0. The molecule has 0 spiro atoms. The van der Waals surface area contributed by atoms with E-state index >= 15 is 0 Å². The molecule has 0 bridgehead atoms. The molecule has 0 aliphatic heterocycles. The second kappa shape index (κ2) is 4.05. The Morgan fingerprint density at radius 1 is 1.60 bits per heavy atom. The van der Waals surface area contributed by atoms with E-state index in [1.165, 1.54) is 14.1 Å². The Balaban J connectivity index is 2.89. The van der Waals surface area contributed by atoms with Gasteiger partial charge >= 0.3 is 12.2 Å². The van der Waals surface area contributed by atoms with Crippen molar-refractivity contribution in [3.05, 3.63) is 11.1 Å². The molecule has 0 saturated heterocycles. The third-order valence-corrected chi connectivity index (χ3v) is 2.70. The standard InChI is InChI=1S/C7H8F3N3OS/c1-11-5(14)13(2)6-12-3-4(15-6)7(8,9)10/h3H,1-2H3,(H,11,14). The summed E-state index contributed by atoms with van der Waals surface area (Å²) in [5.41, 5.74) is 0. The quantitative estimate of drug-likeness (QED) is 0.814. The number of hydrogen-bond donors (Lipinski definition) is 1. The van der Waals surface area contributed by atoms with Crippen LogP contribution in [0.15, 0.2) is 6.20 Å². The SMILES string of the molecule is CNC(=O)N(C)c1ncc(C(F)(F)F)s1. The van der Waals surface area contributed by atoms with Crippen LogP contribution in [0.4, 0.5) is 23.1 Å². The zero-order valence-corrected chi connectivity index (χ0v) is 8.74. The van der Waals surface area contributed by atoms with Crippen LogP contribution in [0.2, 0.25) is 0 Å². The fourth-order valence-electron chi connectivity index (χ4n) is 0.806. The summed E-state index contributed by atoms with van der Waals surface area (Å²) in [4.78, 5) is 14.8. The average molecular weight is 239 g/mol. The van der Waals surface area contributed by atoms with Crippen molar-refractivity contribution in [2.75, 3.05) is 19.0 Å². The Morgan fingerprint density at radius 3 is 2.60 bits per heavy atom. The van der Waals surface area contributed by atoms with Crippen molar-refractivity contribution in [3.8, 4) is 0 Å². The van der Waals surface area contributed by atoms with Gasteiger partial charge in [0.1, 0.15) is 4.88 Å². The van der Waals surface area contributed by atoms with Gasteiger partial charge in [0.15, 0.2) is 5.13 Å². The Labute approximate surface area is 87.7 Å². The number of aromatic nitrogens is 1. The van der Waals surface area contributed by atoms with Crippen LogP contribution in [0.25, 0.3) is 0 Å². The summed E-state index contributed by atoms with van der Waals surface area (Å²) >= 11 is 0.421. The summed E-state index contributed by atoms with van der Waals surface area (Å²) in [6.45, 7) is 0. The van der Waals surface area contributed by atoms with E-state index in [9.17, 15) is 18.0 Å². The van der Waals surface area contributed by atoms with Crippen LogP contribution in [0.5, 0.6) is 0 Å².